The smallest absolute Gasteiger partial charge is 0.335 e. The van der Waals surface area contributed by atoms with Crippen LogP contribution in [-0.2, 0) is 26.1 Å². The highest BCUT2D eigenvalue weighted by Crippen LogP contribution is 2.31. The second kappa shape index (κ2) is 7.46. The van der Waals surface area contributed by atoms with E-state index in [0.717, 1.165) is 11.1 Å². The van der Waals surface area contributed by atoms with Crippen LogP contribution in [0.3, 0.4) is 0 Å². The topological polar surface area (TPSA) is 55.8 Å². The normalized spacial score (nSPS) is 13.0. The summed E-state index contributed by atoms with van der Waals surface area (Å²) in [6, 6.07) is 5.42. The van der Waals surface area contributed by atoms with Gasteiger partial charge in [-0.3, -0.25) is 0 Å². The Kier molecular flexibility index (Phi) is 6.21. The molecule has 1 aromatic rings. The van der Waals surface area contributed by atoms with Gasteiger partial charge in [-0.05, 0) is 36.5 Å². The third-order valence-electron chi connectivity index (χ3n) is 3.21. The summed E-state index contributed by atoms with van der Waals surface area (Å²) in [6.45, 7) is 10.5. The average Bonchev–Trinajstić information content (AvgIpc) is 2.39. The molecule has 0 radical (unpaired) electrons. The number of ether oxygens (including phenoxy) is 2. The Hall–Kier alpha value is -1.55. The third-order valence-corrected chi connectivity index (χ3v) is 3.21. The van der Waals surface area contributed by atoms with E-state index in [1.807, 2.05) is 39.8 Å². The summed E-state index contributed by atoms with van der Waals surface area (Å²) in [4.78, 5) is 11.9. The predicted molar refractivity (Wildman–Crippen MR) is 82.6 cm³/mol. The van der Waals surface area contributed by atoms with Gasteiger partial charge in [0.1, 0.15) is 5.75 Å². The summed E-state index contributed by atoms with van der Waals surface area (Å²) in [5.41, 5.74) is 1.65. The first-order valence-corrected chi connectivity index (χ1v) is 7.40. The molecule has 21 heavy (non-hydrogen) atoms. The van der Waals surface area contributed by atoms with Crippen molar-refractivity contribution in [3.05, 3.63) is 29.3 Å². The molecule has 0 bridgehead atoms. The van der Waals surface area contributed by atoms with Gasteiger partial charge in [0, 0.05) is 13.0 Å². The van der Waals surface area contributed by atoms with Crippen molar-refractivity contribution in [2.24, 2.45) is 0 Å². The first kappa shape index (κ1) is 17.5. The summed E-state index contributed by atoms with van der Waals surface area (Å²) in [6.07, 6.45) is -0.164. The molecule has 0 aliphatic heterocycles. The molecule has 1 aromatic carbocycles. The Bertz CT molecular complexity index is 474. The predicted octanol–water partition coefficient (Wildman–Crippen LogP) is 3.20. The molecule has 0 fully saturated rings. The van der Waals surface area contributed by atoms with E-state index in [0.29, 0.717) is 19.6 Å². The van der Waals surface area contributed by atoms with Crippen LogP contribution in [0.1, 0.15) is 45.7 Å². The van der Waals surface area contributed by atoms with Crippen LogP contribution >= 0.6 is 0 Å². The van der Waals surface area contributed by atoms with Gasteiger partial charge in [0.2, 0.25) is 0 Å². The molecule has 1 rings (SSSR count). The molecule has 4 heteroatoms. The maximum absolute atomic E-state index is 11.9. The number of hydrogen-bond acceptors (Lipinski definition) is 4. The summed E-state index contributed by atoms with van der Waals surface area (Å²) >= 11 is 0. The van der Waals surface area contributed by atoms with Crippen molar-refractivity contribution >= 4 is 5.97 Å². The SMILES string of the molecule is CCOC(=O)C(Cc1ccc(O)c(C(C)(C)C)c1)OCC. The molecule has 0 heterocycles. The van der Waals surface area contributed by atoms with Crippen LogP contribution in [0.2, 0.25) is 0 Å². The summed E-state index contributed by atoms with van der Waals surface area (Å²) < 4.78 is 10.5. The Morgan fingerprint density at radius 2 is 1.90 bits per heavy atom. The number of phenolic OH excluding ortho intramolecular Hbond substituents is 1. The molecule has 1 N–H and O–H groups in total. The molecular formula is C17H26O4. The monoisotopic (exact) mass is 294 g/mol. The molecule has 0 aromatic heterocycles. The third kappa shape index (κ3) is 5.05. The lowest BCUT2D eigenvalue weighted by molar-refractivity contribution is -0.156. The van der Waals surface area contributed by atoms with Gasteiger partial charge in [0.25, 0.3) is 0 Å². The minimum Gasteiger partial charge on any atom is -0.508 e. The number of benzene rings is 1. The largest absolute Gasteiger partial charge is 0.508 e. The zero-order chi connectivity index (χ0) is 16.0. The maximum Gasteiger partial charge on any atom is 0.335 e. The number of phenols is 1. The molecule has 0 spiro atoms. The minimum atomic E-state index is -0.604. The Balaban J connectivity index is 2.96. The Morgan fingerprint density at radius 1 is 1.24 bits per heavy atom. The molecule has 4 nitrogen and oxygen atoms in total. The second-order valence-electron chi connectivity index (χ2n) is 6.00. The summed E-state index contributed by atoms with van der Waals surface area (Å²) in [7, 11) is 0. The zero-order valence-corrected chi connectivity index (χ0v) is 13.6. The van der Waals surface area contributed by atoms with E-state index in [-0.39, 0.29) is 17.1 Å². The van der Waals surface area contributed by atoms with Gasteiger partial charge >= 0.3 is 5.97 Å². The number of esters is 1. The standard InChI is InChI=1S/C17H26O4/c1-6-20-15(16(19)21-7-2)11-12-8-9-14(18)13(10-12)17(3,4)5/h8-10,15,18H,6-7,11H2,1-5H3. The van der Waals surface area contributed by atoms with Gasteiger partial charge in [0.05, 0.1) is 6.61 Å². The quantitative estimate of drug-likeness (QED) is 0.819. The fraction of sp³-hybridized carbons (Fsp3) is 0.588. The molecule has 0 saturated heterocycles. The van der Waals surface area contributed by atoms with Gasteiger partial charge in [0.15, 0.2) is 6.10 Å². The lowest BCUT2D eigenvalue weighted by Gasteiger charge is -2.22. The van der Waals surface area contributed by atoms with E-state index in [2.05, 4.69) is 0 Å². The minimum absolute atomic E-state index is 0.162. The fourth-order valence-corrected chi connectivity index (χ4v) is 2.17. The number of hydrogen-bond donors (Lipinski definition) is 1. The van der Waals surface area contributed by atoms with Gasteiger partial charge in [-0.2, -0.15) is 0 Å². The highest BCUT2D eigenvalue weighted by Gasteiger charge is 2.23. The van der Waals surface area contributed by atoms with Gasteiger partial charge in [-0.15, -0.1) is 0 Å². The van der Waals surface area contributed by atoms with Crippen LogP contribution < -0.4 is 0 Å². The molecule has 1 atom stereocenters. The fourth-order valence-electron chi connectivity index (χ4n) is 2.17. The first-order valence-electron chi connectivity index (χ1n) is 7.40. The van der Waals surface area contributed by atoms with E-state index in [9.17, 15) is 9.90 Å². The maximum atomic E-state index is 11.9. The average molecular weight is 294 g/mol. The molecule has 0 saturated carbocycles. The van der Waals surface area contributed by atoms with E-state index in [1.54, 1.807) is 13.0 Å². The van der Waals surface area contributed by atoms with Crippen LogP contribution in [0.4, 0.5) is 0 Å². The summed E-state index contributed by atoms with van der Waals surface area (Å²) in [5.74, 6) is -0.0694. The number of carbonyl (C=O) groups is 1. The van der Waals surface area contributed by atoms with Crippen molar-refractivity contribution in [1.82, 2.24) is 0 Å². The van der Waals surface area contributed by atoms with Crippen molar-refractivity contribution in [2.45, 2.75) is 52.6 Å². The van der Waals surface area contributed by atoms with Crippen molar-refractivity contribution in [1.29, 1.82) is 0 Å². The van der Waals surface area contributed by atoms with Crippen LogP contribution in [0.15, 0.2) is 18.2 Å². The second-order valence-corrected chi connectivity index (χ2v) is 6.00. The number of aromatic hydroxyl groups is 1. The van der Waals surface area contributed by atoms with Crippen LogP contribution in [-0.4, -0.2) is 30.4 Å². The van der Waals surface area contributed by atoms with Crippen LogP contribution in [0, 0.1) is 0 Å². The first-order chi connectivity index (χ1) is 9.79. The lowest BCUT2D eigenvalue weighted by atomic mass is 9.85. The van der Waals surface area contributed by atoms with Crippen molar-refractivity contribution in [2.75, 3.05) is 13.2 Å². The molecule has 0 amide bonds. The Labute approximate surface area is 127 Å². The molecule has 0 aliphatic rings. The zero-order valence-electron chi connectivity index (χ0n) is 13.6. The molecule has 0 aliphatic carbocycles. The molecular weight excluding hydrogens is 268 g/mol. The number of rotatable bonds is 6. The van der Waals surface area contributed by atoms with E-state index in [4.69, 9.17) is 9.47 Å². The molecule has 1 unspecified atom stereocenters. The Morgan fingerprint density at radius 3 is 2.43 bits per heavy atom. The van der Waals surface area contributed by atoms with Crippen molar-refractivity contribution in [3.8, 4) is 5.75 Å². The van der Waals surface area contributed by atoms with E-state index in [1.165, 1.54) is 0 Å². The van der Waals surface area contributed by atoms with E-state index < -0.39 is 6.10 Å². The van der Waals surface area contributed by atoms with Gasteiger partial charge in [-0.25, -0.2) is 4.79 Å². The lowest BCUT2D eigenvalue weighted by Crippen LogP contribution is -2.29. The van der Waals surface area contributed by atoms with Crippen LogP contribution in [0.5, 0.6) is 5.75 Å². The highest BCUT2D eigenvalue weighted by molar-refractivity contribution is 5.75. The van der Waals surface area contributed by atoms with Crippen molar-refractivity contribution in [3.63, 3.8) is 0 Å². The number of carbonyl (C=O) groups excluding carboxylic acids is 1. The summed E-state index contributed by atoms with van der Waals surface area (Å²) in [5, 5.41) is 9.98. The van der Waals surface area contributed by atoms with E-state index >= 15 is 0 Å². The van der Waals surface area contributed by atoms with Gasteiger partial charge < -0.3 is 14.6 Å². The van der Waals surface area contributed by atoms with Gasteiger partial charge in [-0.1, -0.05) is 32.9 Å². The van der Waals surface area contributed by atoms with Crippen LogP contribution in [0.25, 0.3) is 0 Å². The highest BCUT2D eigenvalue weighted by atomic mass is 16.6. The molecule has 118 valence electrons. The van der Waals surface area contributed by atoms with Crippen molar-refractivity contribution < 1.29 is 19.4 Å².